The van der Waals surface area contributed by atoms with Gasteiger partial charge in [0.1, 0.15) is 11.0 Å². The summed E-state index contributed by atoms with van der Waals surface area (Å²) in [5.41, 5.74) is 5.52. The van der Waals surface area contributed by atoms with Gasteiger partial charge in [0.25, 0.3) is 0 Å². The van der Waals surface area contributed by atoms with Crippen LogP contribution in [-0.4, -0.2) is 33.2 Å². The highest BCUT2D eigenvalue weighted by molar-refractivity contribution is 8.00. The third-order valence-electron chi connectivity index (χ3n) is 5.21. The Labute approximate surface area is 197 Å². The number of amides is 1. The number of aromatic nitrogens is 4. The molecule has 3 aromatic carbocycles. The van der Waals surface area contributed by atoms with Gasteiger partial charge >= 0.3 is 0 Å². The predicted molar refractivity (Wildman–Crippen MR) is 130 cm³/mol. The van der Waals surface area contributed by atoms with E-state index < -0.39 is 5.25 Å². The van der Waals surface area contributed by atoms with Crippen molar-refractivity contribution >= 4 is 23.4 Å². The first-order chi connectivity index (χ1) is 16.0. The van der Waals surface area contributed by atoms with Crippen LogP contribution in [0, 0.1) is 20.8 Å². The van der Waals surface area contributed by atoms with Crippen LogP contribution in [-0.2, 0) is 4.79 Å². The molecule has 0 saturated carbocycles. The maximum Gasteiger partial charge on any atom is 0.242 e. The second-order valence-electron chi connectivity index (χ2n) is 7.76. The summed E-state index contributed by atoms with van der Waals surface area (Å²) in [6, 6.07) is 21.4. The van der Waals surface area contributed by atoms with Crippen LogP contribution in [0.5, 0.6) is 5.75 Å². The van der Waals surface area contributed by atoms with Crippen molar-refractivity contribution in [3.63, 3.8) is 0 Å². The molecule has 0 aliphatic carbocycles. The number of benzene rings is 3. The Balaban J connectivity index is 1.69. The van der Waals surface area contributed by atoms with Crippen molar-refractivity contribution in [2.24, 2.45) is 0 Å². The molecule has 0 radical (unpaired) electrons. The minimum absolute atomic E-state index is 0.189. The van der Waals surface area contributed by atoms with Crippen molar-refractivity contribution in [3.8, 4) is 11.4 Å². The average Bonchev–Trinajstić information content (AvgIpc) is 3.28. The summed E-state index contributed by atoms with van der Waals surface area (Å²) in [6.07, 6.45) is 0. The lowest BCUT2D eigenvalue weighted by Crippen LogP contribution is -2.20. The lowest BCUT2D eigenvalue weighted by atomic mass is 10.1. The molecule has 1 amide bonds. The van der Waals surface area contributed by atoms with E-state index in [4.69, 9.17) is 4.74 Å². The van der Waals surface area contributed by atoms with Gasteiger partial charge in [-0.15, -0.1) is 5.10 Å². The lowest BCUT2D eigenvalue weighted by molar-refractivity contribution is -0.115. The highest BCUT2D eigenvalue weighted by Gasteiger charge is 2.26. The zero-order valence-corrected chi connectivity index (χ0v) is 19.8. The quantitative estimate of drug-likeness (QED) is 0.389. The Morgan fingerprint density at radius 1 is 1.00 bits per heavy atom. The molecular formula is C25H25N5O2S. The van der Waals surface area contributed by atoms with Crippen molar-refractivity contribution in [1.82, 2.24) is 20.2 Å². The van der Waals surface area contributed by atoms with Gasteiger partial charge in [0.2, 0.25) is 11.1 Å². The number of ether oxygens (including phenoxy) is 1. The first-order valence-electron chi connectivity index (χ1n) is 10.5. The number of hydrogen-bond acceptors (Lipinski definition) is 6. The van der Waals surface area contributed by atoms with Crippen LogP contribution in [0.25, 0.3) is 5.69 Å². The summed E-state index contributed by atoms with van der Waals surface area (Å²) in [6.45, 7) is 6.00. The molecule has 0 unspecified atom stereocenters. The Bertz CT molecular complexity index is 1270. The van der Waals surface area contributed by atoms with Crippen LogP contribution >= 0.6 is 11.8 Å². The van der Waals surface area contributed by atoms with Gasteiger partial charge < -0.3 is 10.1 Å². The van der Waals surface area contributed by atoms with Gasteiger partial charge in [-0.3, -0.25) is 4.79 Å². The first kappa shape index (κ1) is 22.5. The first-order valence-corrected chi connectivity index (χ1v) is 11.4. The monoisotopic (exact) mass is 459 g/mol. The van der Waals surface area contributed by atoms with Crippen LogP contribution in [0.2, 0.25) is 0 Å². The SMILES string of the molecule is COc1ccc(C)cc1NC(=O)[C@H](Sc1nnnn1-c1cc(C)ccc1C)c1ccccc1. The molecule has 1 heterocycles. The molecular weight excluding hydrogens is 434 g/mol. The standard InChI is InChI=1S/C25H25N5O2S/c1-16-11-13-22(32-4)20(14-16)26-24(31)23(19-8-6-5-7-9-19)33-25-27-28-29-30(25)21-15-17(2)10-12-18(21)3/h5-15,23H,1-4H3,(H,26,31)/t23-/m1/s1. The van der Waals surface area contributed by atoms with E-state index in [-0.39, 0.29) is 5.91 Å². The molecule has 0 aliphatic heterocycles. The van der Waals surface area contributed by atoms with Crippen LogP contribution < -0.4 is 10.1 Å². The fourth-order valence-corrected chi connectivity index (χ4v) is 4.46. The molecule has 0 bridgehead atoms. The minimum atomic E-state index is -0.578. The Hall–Kier alpha value is -3.65. The van der Waals surface area contributed by atoms with Crippen molar-refractivity contribution in [2.75, 3.05) is 12.4 Å². The van der Waals surface area contributed by atoms with E-state index in [2.05, 4.69) is 20.8 Å². The molecule has 1 aromatic heterocycles. The number of carbonyl (C=O) groups is 1. The predicted octanol–water partition coefficient (Wildman–Crippen LogP) is 5.07. The van der Waals surface area contributed by atoms with Crippen molar-refractivity contribution in [3.05, 3.63) is 89.0 Å². The number of tetrazole rings is 1. The Kier molecular flexibility index (Phi) is 6.74. The fourth-order valence-electron chi connectivity index (χ4n) is 3.48. The zero-order chi connectivity index (χ0) is 23.4. The molecule has 1 N–H and O–H groups in total. The third-order valence-corrected chi connectivity index (χ3v) is 6.40. The Morgan fingerprint density at radius 3 is 2.48 bits per heavy atom. The number of methoxy groups -OCH3 is 1. The van der Waals surface area contributed by atoms with Gasteiger partial charge in [0, 0.05) is 0 Å². The van der Waals surface area contributed by atoms with E-state index in [1.165, 1.54) is 11.8 Å². The van der Waals surface area contributed by atoms with Crippen LogP contribution in [0.4, 0.5) is 5.69 Å². The number of aryl methyl sites for hydroxylation is 3. The van der Waals surface area contributed by atoms with Crippen LogP contribution in [0.1, 0.15) is 27.5 Å². The number of rotatable bonds is 7. The lowest BCUT2D eigenvalue weighted by Gasteiger charge is -2.18. The number of thioether (sulfide) groups is 1. The number of anilines is 1. The topological polar surface area (TPSA) is 81.9 Å². The average molecular weight is 460 g/mol. The van der Waals surface area contributed by atoms with E-state index >= 15 is 0 Å². The molecule has 1 atom stereocenters. The van der Waals surface area contributed by atoms with E-state index in [0.717, 1.165) is 27.9 Å². The van der Waals surface area contributed by atoms with Gasteiger partial charge in [-0.25, -0.2) is 0 Å². The summed E-state index contributed by atoms with van der Waals surface area (Å²) in [7, 11) is 1.59. The number of nitrogens with one attached hydrogen (secondary N) is 1. The van der Waals surface area contributed by atoms with Gasteiger partial charge in [0.15, 0.2) is 0 Å². The van der Waals surface area contributed by atoms with E-state index in [9.17, 15) is 4.79 Å². The zero-order valence-electron chi connectivity index (χ0n) is 18.9. The highest BCUT2D eigenvalue weighted by atomic mass is 32.2. The Morgan fingerprint density at radius 2 is 1.73 bits per heavy atom. The number of carbonyl (C=O) groups excluding carboxylic acids is 1. The van der Waals surface area contributed by atoms with Gasteiger partial charge in [-0.1, -0.05) is 60.3 Å². The minimum Gasteiger partial charge on any atom is -0.495 e. The molecule has 0 saturated heterocycles. The molecule has 33 heavy (non-hydrogen) atoms. The van der Waals surface area contributed by atoms with Crippen molar-refractivity contribution < 1.29 is 9.53 Å². The number of hydrogen-bond donors (Lipinski definition) is 1. The van der Waals surface area contributed by atoms with E-state index in [0.29, 0.717) is 16.6 Å². The summed E-state index contributed by atoms with van der Waals surface area (Å²) >= 11 is 1.30. The van der Waals surface area contributed by atoms with E-state index in [1.807, 2.05) is 87.5 Å². The largest absolute Gasteiger partial charge is 0.495 e. The van der Waals surface area contributed by atoms with Gasteiger partial charge in [-0.2, -0.15) is 4.68 Å². The van der Waals surface area contributed by atoms with E-state index in [1.54, 1.807) is 11.8 Å². The molecule has 7 nitrogen and oxygen atoms in total. The van der Waals surface area contributed by atoms with Gasteiger partial charge in [-0.05, 0) is 71.7 Å². The van der Waals surface area contributed by atoms with Gasteiger partial charge in [0.05, 0.1) is 18.5 Å². The maximum atomic E-state index is 13.5. The normalized spacial score (nSPS) is 11.8. The summed E-state index contributed by atoms with van der Waals surface area (Å²) in [5.74, 6) is 0.414. The highest BCUT2D eigenvalue weighted by Crippen LogP contribution is 2.37. The number of nitrogens with zero attached hydrogens (tertiary/aromatic N) is 4. The molecule has 8 heteroatoms. The molecule has 4 aromatic rings. The summed E-state index contributed by atoms with van der Waals surface area (Å²) in [4.78, 5) is 13.5. The van der Waals surface area contributed by atoms with Crippen LogP contribution in [0.3, 0.4) is 0 Å². The molecule has 4 rings (SSSR count). The van der Waals surface area contributed by atoms with Crippen molar-refractivity contribution in [1.29, 1.82) is 0 Å². The molecule has 0 aliphatic rings. The molecule has 0 fully saturated rings. The fraction of sp³-hybridized carbons (Fsp3) is 0.200. The summed E-state index contributed by atoms with van der Waals surface area (Å²) < 4.78 is 7.12. The molecule has 0 spiro atoms. The smallest absolute Gasteiger partial charge is 0.242 e. The second-order valence-corrected chi connectivity index (χ2v) is 8.84. The maximum absolute atomic E-state index is 13.5. The summed E-state index contributed by atoms with van der Waals surface area (Å²) in [5, 5.41) is 15.3. The second kappa shape index (κ2) is 9.87. The van der Waals surface area contributed by atoms with Crippen LogP contribution in [0.15, 0.2) is 71.9 Å². The third kappa shape index (κ3) is 5.06. The molecule has 168 valence electrons. The van der Waals surface area contributed by atoms with Crippen molar-refractivity contribution in [2.45, 2.75) is 31.2 Å².